The van der Waals surface area contributed by atoms with Gasteiger partial charge >= 0.3 is 0 Å². The van der Waals surface area contributed by atoms with Gasteiger partial charge < -0.3 is 9.72 Å². The van der Waals surface area contributed by atoms with Crippen molar-refractivity contribution in [1.82, 2.24) is 9.55 Å². The Morgan fingerprint density at radius 1 is 1.20 bits per heavy atom. The van der Waals surface area contributed by atoms with E-state index in [0.29, 0.717) is 11.4 Å². The molecule has 3 nitrogen and oxygen atoms in total. The van der Waals surface area contributed by atoms with Crippen LogP contribution in [0.5, 0.6) is 0 Å². The van der Waals surface area contributed by atoms with E-state index in [0.717, 1.165) is 22.3 Å². The van der Waals surface area contributed by atoms with E-state index in [4.69, 9.17) is 17.0 Å². The average Bonchev–Trinajstić information content (AvgIpc) is 2.75. The molecular formula is C16H16N2OS. The number of hydrogen-bond acceptors (Lipinski definition) is 2. The molecule has 0 aliphatic heterocycles. The van der Waals surface area contributed by atoms with E-state index in [1.54, 1.807) is 7.11 Å². The number of imidazole rings is 1. The number of rotatable bonds is 3. The number of ether oxygens (including phenoxy) is 1. The molecule has 0 amide bonds. The lowest BCUT2D eigenvalue weighted by molar-refractivity contribution is 0.185. The van der Waals surface area contributed by atoms with Crippen molar-refractivity contribution in [2.24, 2.45) is 0 Å². The number of para-hydroxylation sites is 1. The first-order valence-electron chi connectivity index (χ1n) is 6.49. The number of benzene rings is 2. The molecular weight excluding hydrogens is 268 g/mol. The maximum atomic E-state index is 5.49. The minimum atomic E-state index is 0.566. The number of hydrogen-bond donors (Lipinski definition) is 1. The fourth-order valence-corrected chi connectivity index (χ4v) is 2.78. The van der Waals surface area contributed by atoms with Crippen LogP contribution in [0.1, 0.15) is 11.1 Å². The molecule has 1 N–H and O–H groups in total. The van der Waals surface area contributed by atoms with E-state index in [9.17, 15) is 0 Å². The predicted octanol–water partition coefficient (Wildman–Crippen LogP) is 4.14. The largest absolute Gasteiger partial charge is 0.380 e. The monoisotopic (exact) mass is 284 g/mol. The molecule has 3 rings (SSSR count). The number of methoxy groups -OCH3 is 1. The fourth-order valence-electron chi connectivity index (χ4n) is 2.47. The minimum absolute atomic E-state index is 0.566. The molecule has 0 atom stereocenters. The lowest BCUT2D eigenvalue weighted by atomic mass is 10.1. The van der Waals surface area contributed by atoms with Gasteiger partial charge in [0.1, 0.15) is 0 Å². The molecule has 0 aliphatic carbocycles. The zero-order valence-corrected chi connectivity index (χ0v) is 12.3. The Morgan fingerprint density at radius 3 is 2.80 bits per heavy atom. The van der Waals surface area contributed by atoms with Crippen LogP contribution in [0, 0.1) is 11.7 Å². The maximum Gasteiger partial charge on any atom is 0.182 e. The lowest BCUT2D eigenvalue weighted by Crippen LogP contribution is -2.00. The van der Waals surface area contributed by atoms with Crippen LogP contribution in [0.3, 0.4) is 0 Å². The minimum Gasteiger partial charge on any atom is -0.380 e. The Balaban J connectivity index is 2.30. The van der Waals surface area contributed by atoms with Crippen LogP contribution in [0.2, 0.25) is 0 Å². The van der Waals surface area contributed by atoms with Gasteiger partial charge in [-0.1, -0.05) is 24.3 Å². The SMILES string of the molecule is COCc1ccccc1-n1c(=S)[nH]c2cc(C)ccc21. The third-order valence-electron chi connectivity index (χ3n) is 3.37. The quantitative estimate of drug-likeness (QED) is 0.732. The third kappa shape index (κ3) is 2.17. The van der Waals surface area contributed by atoms with Crippen LogP contribution in [0.15, 0.2) is 42.5 Å². The summed E-state index contributed by atoms with van der Waals surface area (Å²) >= 11 is 5.49. The third-order valence-corrected chi connectivity index (χ3v) is 3.65. The average molecular weight is 284 g/mol. The van der Waals surface area contributed by atoms with Crippen LogP contribution in [-0.2, 0) is 11.3 Å². The van der Waals surface area contributed by atoms with Crippen LogP contribution in [-0.4, -0.2) is 16.7 Å². The standard InChI is InChI=1S/C16H16N2OS/c1-11-7-8-15-13(9-11)17-16(20)18(15)14-6-4-3-5-12(14)10-19-2/h3-9H,10H2,1-2H3,(H,17,20). The van der Waals surface area contributed by atoms with Gasteiger partial charge in [-0.3, -0.25) is 4.57 Å². The van der Waals surface area contributed by atoms with E-state index in [1.807, 2.05) is 12.1 Å². The van der Waals surface area contributed by atoms with E-state index in [1.165, 1.54) is 5.56 Å². The Labute approximate surface area is 122 Å². The Hall–Kier alpha value is -1.91. The summed E-state index contributed by atoms with van der Waals surface area (Å²) in [5.74, 6) is 0. The molecule has 1 aromatic heterocycles. The van der Waals surface area contributed by atoms with Crippen molar-refractivity contribution in [1.29, 1.82) is 0 Å². The van der Waals surface area contributed by atoms with Gasteiger partial charge in [-0.25, -0.2) is 0 Å². The molecule has 0 bridgehead atoms. The van der Waals surface area contributed by atoms with Crippen molar-refractivity contribution in [3.05, 3.63) is 58.4 Å². The molecule has 0 aliphatic rings. The number of H-pyrrole nitrogens is 1. The summed E-state index contributed by atoms with van der Waals surface area (Å²) in [4.78, 5) is 3.27. The van der Waals surface area contributed by atoms with Crippen molar-refractivity contribution in [2.45, 2.75) is 13.5 Å². The summed E-state index contributed by atoms with van der Waals surface area (Å²) < 4.78 is 8.05. The first-order valence-corrected chi connectivity index (χ1v) is 6.90. The van der Waals surface area contributed by atoms with Crippen molar-refractivity contribution < 1.29 is 4.74 Å². The zero-order chi connectivity index (χ0) is 14.1. The lowest BCUT2D eigenvalue weighted by Gasteiger charge is -2.10. The summed E-state index contributed by atoms with van der Waals surface area (Å²) in [6.07, 6.45) is 0. The van der Waals surface area contributed by atoms with E-state index in [-0.39, 0.29) is 0 Å². The van der Waals surface area contributed by atoms with Gasteiger partial charge in [0.2, 0.25) is 0 Å². The molecule has 0 spiro atoms. The summed E-state index contributed by atoms with van der Waals surface area (Å²) in [7, 11) is 1.70. The highest BCUT2D eigenvalue weighted by Gasteiger charge is 2.10. The summed E-state index contributed by atoms with van der Waals surface area (Å²) in [5.41, 5.74) is 5.54. The molecule has 0 unspecified atom stereocenters. The Morgan fingerprint density at radius 2 is 2.00 bits per heavy atom. The second kappa shape index (κ2) is 5.23. The molecule has 0 saturated carbocycles. The van der Waals surface area contributed by atoms with Gasteiger partial charge in [0.25, 0.3) is 0 Å². The zero-order valence-electron chi connectivity index (χ0n) is 11.5. The van der Waals surface area contributed by atoms with Gasteiger partial charge in [0.15, 0.2) is 4.77 Å². The smallest absolute Gasteiger partial charge is 0.182 e. The van der Waals surface area contributed by atoms with Gasteiger partial charge in [0, 0.05) is 12.7 Å². The number of aryl methyl sites for hydroxylation is 1. The topological polar surface area (TPSA) is 29.9 Å². The molecule has 3 aromatic rings. The van der Waals surface area contributed by atoms with E-state index < -0.39 is 0 Å². The van der Waals surface area contributed by atoms with Gasteiger partial charge in [0.05, 0.1) is 23.3 Å². The van der Waals surface area contributed by atoms with E-state index >= 15 is 0 Å². The first kappa shape index (κ1) is 13.1. The molecule has 0 saturated heterocycles. The predicted molar refractivity (Wildman–Crippen MR) is 83.9 cm³/mol. The van der Waals surface area contributed by atoms with Crippen LogP contribution in [0.25, 0.3) is 16.7 Å². The summed E-state index contributed by atoms with van der Waals surface area (Å²) in [5, 5.41) is 0. The van der Waals surface area contributed by atoms with Gasteiger partial charge in [-0.05, 0) is 42.9 Å². The molecule has 0 fully saturated rings. The first-order chi connectivity index (χ1) is 9.70. The van der Waals surface area contributed by atoms with Crippen molar-refractivity contribution in [3.8, 4) is 5.69 Å². The second-order valence-corrected chi connectivity index (χ2v) is 5.23. The number of nitrogens with one attached hydrogen (secondary N) is 1. The summed E-state index contributed by atoms with van der Waals surface area (Å²) in [6, 6.07) is 14.5. The second-order valence-electron chi connectivity index (χ2n) is 4.85. The maximum absolute atomic E-state index is 5.49. The number of aromatic amines is 1. The molecule has 1 heterocycles. The molecule has 0 radical (unpaired) electrons. The van der Waals surface area contributed by atoms with Crippen LogP contribution < -0.4 is 0 Å². The highest BCUT2D eigenvalue weighted by Crippen LogP contribution is 2.23. The highest BCUT2D eigenvalue weighted by molar-refractivity contribution is 7.71. The number of fused-ring (bicyclic) bond motifs is 1. The van der Waals surface area contributed by atoms with E-state index in [2.05, 4.69) is 46.8 Å². The highest BCUT2D eigenvalue weighted by atomic mass is 32.1. The molecule has 2 aromatic carbocycles. The van der Waals surface area contributed by atoms with Crippen LogP contribution in [0.4, 0.5) is 0 Å². The van der Waals surface area contributed by atoms with Crippen molar-refractivity contribution in [3.63, 3.8) is 0 Å². The number of aromatic nitrogens is 2. The molecule has 4 heteroatoms. The van der Waals surface area contributed by atoms with Gasteiger partial charge in [-0.15, -0.1) is 0 Å². The number of nitrogens with zero attached hydrogens (tertiary/aromatic N) is 1. The Kier molecular flexibility index (Phi) is 3.42. The van der Waals surface area contributed by atoms with Crippen molar-refractivity contribution >= 4 is 23.3 Å². The van der Waals surface area contributed by atoms with Gasteiger partial charge in [-0.2, -0.15) is 0 Å². The van der Waals surface area contributed by atoms with Crippen LogP contribution >= 0.6 is 12.2 Å². The fraction of sp³-hybridized carbons (Fsp3) is 0.188. The normalized spacial score (nSPS) is 11.1. The summed E-state index contributed by atoms with van der Waals surface area (Å²) in [6.45, 7) is 2.64. The van der Waals surface area contributed by atoms with Crippen molar-refractivity contribution in [2.75, 3.05) is 7.11 Å². The Bertz CT molecular complexity index is 817. The molecule has 102 valence electrons. The molecule has 20 heavy (non-hydrogen) atoms.